The molecular formula is C12H19NO3. The zero-order chi connectivity index (χ0) is 11.5. The number of hydrogen-bond donors (Lipinski definition) is 2. The molecule has 0 atom stereocenters. The van der Waals surface area contributed by atoms with Gasteiger partial charge in [-0.15, -0.1) is 0 Å². The van der Waals surface area contributed by atoms with Crippen molar-refractivity contribution in [1.82, 2.24) is 5.32 Å². The molecule has 0 spiro atoms. The van der Waals surface area contributed by atoms with Gasteiger partial charge in [-0.3, -0.25) is 9.59 Å². The van der Waals surface area contributed by atoms with Crippen LogP contribution in [0.2, 0.25) is 0 Å². The van der Waals surface area contributed by atoms with Crippen LogP contribution in [-0.4, -0.2) is 23.0 Å². The first-order valence-corrected chi connectivity index (χ1v) is 6.17. The lowest BCUT2D eigenvalue weighted by atomic mass is 9.80. The van der Waals surface area contributed by atoms with E-state index in [2.05, 4.69) is 5.32 Å². The van der Waals surface area contributed by atoms with Crippen LogP contribution in [0.3, 0.4) is 0 Å². The van der Waals surface area contributed by atoms with Gasteiger partial charge < -0.3 is 10.4 Å². The molecule has 0 bridgehead atoms. The Bertz CT molecular complexity index is 278. The summed E-state index contributed by atoms with van der Waals surface area (Å²) in [5, 5.41) is 11.7. The molecule has 2 N–H and O–H groups in total. The van der Waals surface area contributed by atoms with Crippen molar-refractivity contribution < 1.29 is 14.7 Å². The van der Waals surface area contributed by atoms with E-state index in [9.17, 15) is 9.59 Å². The zero-order valence-electron chi connectivity index (χ0n) is 9.45. The van der Waals surface area contributed by atoms with Gasteiger partial charge in [0.25, 0.3) is 0 Å². The topological polar surface area (TPSA) is 66.4 Å². The lowest BCUT2D eigenvalue weighted by Crippen LogP contribution is -2.34. The summed E-state index contributed by atoms with van der Waals surface area (Å²) in [4.78, 5) is 22.3. The predicted octanol–water partition coefficient (Wildman–Crippen LogP) is 1.55. The van der Waals surface area contributed by atoms with Crippen LogP contribution in [0.1, 0.15) is 44.9 Å². The molecule has 0 aromatic heterocycles. The molecule has 1 amide bonds. The Kier molecular flexibility index (Phi) is 3.46. The lowest BCUT2D eigenvalue weighted by Gasteiger charge is -2.26. The molecule has 4 nitrogen and oxygen atoms in total. The number of carboxylic acid groups (broad SMARTS) is 1. The van der Waals surface area contributed by atoms with Gasteiger partial charge in [0.05, 0.1) is 0 Å². The van der Waals surface area contributed by atoms with Crippen molar-refractivity contribution in [3.8, 4) is 0 Å². The van der Waals surface area contributed by atoms with Gasteiger partial charge in [-0.1, -0.05) is 0 Å². The summed E-state index contributed by atoms with van der Waals surface area (Å²) in [6.45, 7) is 0. The van der Waals surface area contributed by atoms with Crippen LogP contribution in [0.5, 0.6) is 0 Å². The van der Waals surface area contributed by atoms with Crippen LogP contribution in [0.4, 0.5) is 0 Å². The molecule has 2 aliphatic rings. The number of nitrogens with one attached hydrogen (secondary N) is 1. The average molecular weight is 225 g/mol. The fourth-order valence-corrected chi connectivity index (χ4v) is 2.42. The van der Waals surface area contributed by atoms with Gasteiger partial charge >= 0.3 is 5.97 Å². The van der Waals surface area contributed by atoms with Crippen molar-refractivity contribution in [2.75, 3.05) is 0 Å². The first kappa shape index (κ1) is 11.4. The van der Waals surface area contributed by atoms with Crippen molar-refractivity contribution >= 4 is 11.9 Å². The second kappa shape index (κ2) is 4.85. The Morgan fingerprint density at radius 2 is 1.69 bits per heavy atom. The van der Waals surface area contributed by atoms with Crippen molar-refractivity contribution in [3.05, 3.63) is 0 Å². The number of amides is 1. The van der Waals surface area contributed by atoms with E-state index in [4.69, 9.17) is 5.11 Å². The van der Waals surface area contributed by atoms with Gasteiger partial charge in [0.1, 0.15) is 0 Å². The van der Waals surface area contributed by atoms with Gasteiger partial charge in [-0.05, 0) is 44.4 Å². The van der Waals surface area contributed by atoms with Crippen LogP contribution in [-0.2, 0) is 9.59 Å². The lowest BCUT2D eigenvalue weighted by molar-refractivity contribution is -0.138. The molecule has 0 unspecified atom stereocenters. The van der Waals surface area contributed by atoms with Crippen LogP contribution in [0.15, 0.2) is 0 Å². The molecule has 0 aromatic carbocycles. The number of carbonyl (C=O) groups is 2. The number of carbonyl (C=O) groups excluding carboxylic acids is 1. The fraction of sp³-hybridized carbons (Fsp3) is 0.833. The fourth-order valence-electron chi connectivity index (χ4n) is 2.42. The second-order valence-electron chi connectivity index (χ2n) is 5.10. The van der Waals surface area contributed by atoms with Gasteiger partial charge in [-0.2, -0.15) is 0 Å². The molecular weight excluding hydrogens is 206 g/mol. The molecule has 90 valence electrons. The quantitative estimate of drug-likeness (QED) is 0.762. The largest absolute Gasteiger partial charge is 0.481 e. The Balaban J connectivity index is 1.71. The van der Waals surface area contributed by atoms with E-state index in [0.717, 1.165) is 38.5 Å². The first-order valence-electron chi connectivity index (χ1n) is 6.17. The maximum absolute atomic E-state index is 11.7. The Hall–Kier alpha value is -1.06. The van der Waals surface area contributed by atoms with E-state index < -0.39 is 5.97 Å². The van der Waals surface area contributed by atoms with Crippen LogP contribution < -0.4 is 5.32 Å². The van der Waals surface area contributed by atoms with Crippen molar-refractivity contribution in [1.29, 1.82) is 0 Å². The Morgan fingerprint density at radius 1 is 1.06 bits per heavy atom. The Morgan fingerprint density at radius 3 is 2.19 bits per heavy atom. The van der Waals surface area contributed by atoms with E-state index in [1.54, 1.807) is 0 Å². The molecule has 0 radical (unpaired) electrons. The van der Waals surface area contributed by atoms with Gasteiger partial charge in [0.2, 0.25) is 5.91 Å². The Labute approximate surface area is 95.4 Å². The molecule has 2 fully saturated rings. The normalized spacial score (nSPS) is 29.8. The minimum atomic E-state index is -0.717. The maximum atomic E-state index is 11.7. The monoisotopic (exact) mass is 225 g/mol. The number of hydrogen-bond acceptors (Lipinski definition) is 2. The van der Waals surface area contributed by atoms with Crippen molar-refractivity contribution in [2.45, 2.75) is 51.0 Å². The average Bonchev–Trinajstić information content (AvgIpc) is 3.01. The highest BCUT2D eigenvalue weighted by Gasteiger charge is 2.30. The van der Waals surface area contributed by atoms with Crippen molar-refractivity contribution in [3.63, 3.8) is 0 Å². The number of rotatable bonds is 4. The molecule has 0 saturated heterocycles. The van der Waals surface area contributed by atoms with Gasteiger partial charge in [-0.25, -0.2) is 0 Å². The highest BCUT2D eigenvalue weighted by molar-refractivity contribution is 5.79. The third-order valence-electron chi connectivity index (χ3n) is 3.60. The minimum absolute atomic E-state index is 0.130. The highest BCUT2D eigenvalue weighted by atomic mass is 16.4. The van der Waals surface area contributed by atoms with Crippen molar-refractivity contribution in [2.24, 2.45) is 11.8 Å². The summed E-state index contributed by atoms with van der Waals surface area (Å²) in [7, 11) is 0. The molecule has 2 aliphatic carbocycles. The zero-order valence-corrected chi connectivity index (χ0v) is 9.45. The molecule has 2 saturated carbocycles. The van der Waals surface area contributed by atoms with Crippen LogP contribution >= 0.6 is 0 Å². The molecule has 0 aromatic rings. The van der Waals surface area contributed by atoms with E-state index in [1.807, 2.05) is 0 Å². The van der Waals surface area contributed by atoms with E-state index in [0.29, 0.717) is 6.04 Å². The molecule has 0 heterocycles. The third-order valence-corrected chi connectivity index (χ3v) is 3.60. The highest BCUT2D eigenvalue weighted by Crippen LogP contribution is 2.31. The van der Waals surface area contributed by atoms with Crippen LogP contribution in [0, 0.1) is 11.8 Å². The standard InChI is InChI=1S/C12H19NO3/c14-11(15)7-8-1-3-9(4-2-8)12(16)13-10-5-6-10/h8-10H,1-7H2,(H,13,16)(H,14,15). The third kappa shape index (κ3) is 3.22. The maximum Gasteiger partial charge on any atom is 0.303 e. The SMILES string of the molecule is O=C(O)CC1CCC(C(=O)NC2CC2)CC1. The smallest absolute Gasteiger partial charge is 0.303 e. The summed E-state index contributed by atoms with van der Waals surface area (Å²) in [5.74, 6) is -0.115. The summed E-state index contributed by atoms with van der Waals surface area (Å²) >= 11 is 0. The van der Waals surface area contributed by atoms with E-state index >= 15 is 0 Å². The van der Waals surface area contributed by atoms with Gasteiger partial charge in [0, 0.05) is 18.4 Å². The summed E-state index contributed by atoms with van der Waals surface area (Å²) in [6.07, 6.45) is 5.99. The second-order valence-corrected chi connectivity index (χ2v) is 5.10. The predicted molar refractivity (Wildman–Crippen MR) is 58.9 cm³/mol. The number of carboxylic acids is 1. The molecule has 0 aliphatic heterocycles. The summed E-state index contributed by atoms with van der Waals surface area (Å²) in [5.41, 5.74) is 0. The van der Waals surface area contributed by atoms with E-state index in [1.165, 1.54) is 0 Å². The van der Waals surface area contributed by atoms with E-state index in [-0.39, 0.29) is 24.2 Å². The molecule has 4 heteroatoms. The summed E-state index contributed by atoms with van der Waals surface area (Å²) < 4.78 is 0. The minimum Gasteiger partial charge on any atom is -0.481 e. The summed E-state index contributed by atoms with van der Waals surface area (Å²) in [6, 6.07) is 0.434. The van der Waals surface area contributed by atoms with Gasteiger partial charge in [0.15, 0.2) is 0 Å². The van der Waals surface area contributed by atoms with Crippen LogP contribution in [0.25, 0.3) is 0 Å². The molecule has 2 rings (SSSR count). The molecule has 16 heavy (non-hydrogen) atoms. The number of aliphatic carboxylic acids is 1. The first-order chi connectivity index (χ1) is 7.65.